The number of carbonyl (C=O) groups is 1. The maximum atomic E-state index is 11.9. The van der Waals surface area contributed by atoms with Crippen LogP contribution >= 0.6 is 0 Å². The largest absolute Gasteiger partial charge is 0.300 e. The minimum absolute atomic E-state index is 0.389. The Kier molecular flexibility index (Phi) is 3.42. The Hall–Kier alpha value is -0.810. The first kappa shape index (κ1) is 14.8. The lowest BCUT2D eigenvalue weighted by Crippen LogP contribution is -2.50. The predicted molar refractivity (Wildman–Crippen MR) is 89.3 cm³/mol. The van der Waals surface area contributed by atoms with E-state index in [9.17, 15) is 4.79 Å². The van der Waals surface area contributed by atoms with Gasteiger partial charge in [-0.1, -0.05) is 20.4 Å². The molecule has 0 spiro atoms. The third kappa shape index (κ3) is 1.94. The summed E-state index contributed by atoms with van der Waals surface area (Å²) in [4.78, 5) is 11.9. The number of hydrogen-bond acceptors (Lipinski definition) is 1. The standard InChI is InChI=1S/C21H30O/c1-4-14-5-8-20-19-11-13(2)18-12-15(22)6-7-16(18)17(19)9-10-21(14,20)3/h13,16-20H,1,5-12H2,2-3H3/t13-,16+,17?,18?,19?,20?,21+/m0/s1. The van der Waals surface area contributed by atoms with E-state index in [1.807, 2.05) is 0 Å². The predicted octanol–water partition coefficient (Wildman–Crippen LogP) is 5.17. The molecule has 4 aliphatic carbocycles. The van der Waals surface area contributed by atoms with Crippen molar-refractivity contribution >= 4 is 5.78 Å². The van der Waals surface area contributed by atoms with Crippen LogP contribution in [0.5, 0.6) is 0 Å². The molecule has 4 aliphatic rings. The van der Waals surface area contributed by atoms with E-state index in [1.54, 1.807) is 0 Å². The number of rotatable bonds is 0. The highest BCUT2D eigenvalue weighted by Gasteiger charge is 2.56. The Morgan fingerprint density at radius 2 is 1.86 bits per heavy atom. The van der Waals surface area contributed by atoms with Crippen LogP contribution in [0, 0.1) is 40.9 Å². The molecular weight excluding hydrogens is 268 g/mol. The van der Waals surface area contributed by atoms with Gasteiger partial charge in [0, 0.05) is 12.8 Å². The van der Waals surface area contributed by atoms with Crippen LogP contribution in [-0.2, 0) is 4.79 Å². The van der Waals surface area contributed by atoms with Crippen LogP contribution in [0.3, 0.4) is 0 Å². The maximum absolute atomic E-state index is 11.9. The topological polar surface area (TPSA) is 17.1 Å². The van der Waals surface area contributed by atoms with Crippen LogP contribution in [0.4, 0.5) is 0 Å². The highest BCUT2D eigenvalue weighted by atomic mass is 16.1. The Morgan fingerprint density at radius 3 is 2.64 bits per heavy atom. The SMILES string of the molecule is C=C=C1CCC2C3C[C@H](C)C4CC(=O)CC[C@@H]4C3CC[C@]12C. The summed E-state index contributed by atoms with van der Waals surface area (Å²) in [7, 11) is 0. The average molecular weight is 298 g/mol. The van der Waals surface area contributed by atoms with Gasteiger partial charge in [-0.15, -0.1) is 5.73 Å². The first-order valence-corrected chi connectivity index (χ1v) is 9.45. The molecule has 0 amide bonds. The minimum atomic E-state index is 0.389. The minimum Gasteiger partial charge on any atom is -0.300 e. The second kappa shape index (κ2) is 5.10. The Morgan fingerprint density at radius 1 is 1.09 bits per heavy atom. The highest BCUT2D eigenvalue weighted by Crippen LogP contribution is 2.64. The average Bonchev–Trinajstić information content (AvgIpc) is 2.84. The summed E-state index contributed by atoms with van der Waals surface area (Å²) in [5.74, 6) is 5.47. The fraction of sp³-hybridized carbons (Fsp3) is 0.810. The lowest BCUT2D eigenvalue weighted by Gasteiger charge is -2.56. The monoisotopic (exact) mass is 298 g/mol. The lowest BCUT2D eigenvalue weighted by molar-refractivity contribution is -0.129. The van der Waals surface area contributed by atoms with Gasteiger partial charge in [-0.3, -0.25) is 4.79 Å². The zero-order chi connectivity index (χ0) is 15.5. The van der Waals surface area contributed by atoms with Crippen molar-refractivity contribution < 1.29 is 4.79 Å². The highest BCUT2D eigenvalue weighted by molar-refractivity contribution is 5.79. The molecule has 22 heavy (non-hydrogen) atoms. The van der Waals surface area contributed by atoms with Crippen LogP contribution in [0.15, 0.2) is 17.9 Å². The third-order valence-electron chi connectivity index (χ3n) is 8.18. The molecule has 0 radical (unpaired) electrons. The molecule has 1 nitrogen and oxygen atoms in total. The van der Waals surface area contributed by atoms with Crippen molar-refractivity contribution in [1.82, 2.24) is 0 Å². The number of Topliss-reactive ketones (excluding diaryl/α,β-unsaturated/α-hetero) is 1. The third-order valence-corrected chi connectivity index (χ3v) is 8.18. The molecule has 7 atom stereocenters. The van der Waals surface area contributed by atoms with Gasteiger partial charge in [0.25, 0.3) is 0 Å². The molecule has 0 bridgehead atoms. The Labute approximate surface area is 135 Å². The second-order valence-corrected chi connectivity index (χ2v) is 8.91. The summed E-state index contributed by atoms with van der Waals surface area (Å²) in [5, 5.41) is 0. The molecule has 4 fully saturated rings. The van der Waals surface area contributed by atoms with Crippen LogP contribution in [0.1, 0.15) is 65.2 Å². The van der Waals surface area contributed by atoms with Gasteiger partial charge in [0.05, 0.1) is 0 Å². The smallest absolute Gasteiger partial charge is 0.133 e. The number of carbonyl (C=O) groups excluding carboxylic acids is 1. The van der Waals surface area contributed by atoms with Gasteiger partial charge >= 0.3 is 0 Å². The van der Waals surface area contributed by atoms with Crippen LogP contribution in [0.25, 0.3) is 0 Å². The summed E-state index contributed by atoms with van der Waals surface area (Å²) in [6, 6.07) is 0. The van der Waals surface area contributed by atoms with Crippen molar-refractivity contribution in [2.24, 2.45) is 40.9 Å². The Bertz CT molecular complexity index is 540. The molecule has 4 unspecified atom stereocenters. The second-order valence-electron chi connectivity index (χ2n) is 8.91. The molecule has 0 aromatic rings. The zero-order valence-electron chi connectivity index (χ0n) is 14.2. The molecule has 120 valence electrons. The molecule has 0 saturated heterocycles. The molecule has 4 saturated carbocycles. The van der Waals surface area contributed by atoms with Crippen molar-refractivity contribution in [2.75, 3.05) is 0 Å². The summed E-state index contributed by atoms with van der Waals surface area (Å²) in [6.07, 6.45) is 9.60. The number of fused-ring (bicyclic) bond motifs is 5. The van der Waals surface area contributed by atoms with Crippen LogP contribution < -0.4 is 0 Å². The maximum Gasteiger partial charge on any atom is 0.133 e. The zero-order valence-corrected chi connectivity index (χ0v) is 14.2. The summed E-state index contributed by atoms with van der Waals surface area (Å²) in [6.45, 7) is 8.90. The fourth-order valence-electron chi connectivity index (χ4n) is 7.11. The normalized spacial score (nSPS) is 50.8. The van der Waals surface area contributed by atoms with E-state index in [-0.39, 0.29) is 0 Å². The first-order valence-electron chi connectivity index (χ1n) is 9.45. The molecular formula is C21H30O. The number of allylic oxidation sites excluding steroid dienone is 1. The Balaban J connectivity index is 1.64. The van der Waals surface area contributed by atoms with E-state index in [1.165, 1.54) is 44.1 Å². The van der Waals surface area contributed by atoms with Crippen molar-refractivity contribution in [3.63, 3.8) is 0 Å². The van der Waals surface area contributed by atoms with E-state index >= 15 is 0 Å². The van der Waals surface area contributed by atoms with Gasteiger partial charge in [-0.25, -0.2) is 0 Å². The molecule has 4 rings (SSSR count). The van der Waals surface area contributed by atoms with Gasteiger partial charge in [-0.05, 0) is 85.0 Å². The number of hydrogen-bond donors (Lipinski definition) is 0. The van der Waals surface area contributed by atoms with Gasteiger partial charge in [0.15, 0.2) is 0 Å². The summed E-state index contributed by atoms with van der Waals surface area (Å²) >= 11 is 0. The molecule has 0 aromatic heterocycles. The van der Waals surface area contributed by atoms with E-state index < -0.39 is 0 Å². The van der Waals surface area contributed by atoms with Gasteiger partial charge in [0.2, 0.25) is 0 Å². The molecule has 0 aliphatic heterocycles. The van der Waals surface area contributed by atoms with Crippen molar-refractivity contribution in [1.29, 1.82) is 0 Å². The van der Waals surface area contributed by atoms with Crippen LogP contribution in [-0.4, -0.2) is 5.78 Å². The summed E-state index contributed by atoms with van der Waals surface area (Å²) in [5.41, 5.74) is 5.20. The van der Waals surface area contributed by atoms with Gasteiger partial charge < -0.3 is 0 Å². The van der Waals surface area contributed by atoms with Crippen molar-refractivity contribution in [3.8, 4) is 0 Å². The summed E-state index contributed by atoms with van der Waals surface area (Å²) < 4.78 is 0. The molecule has 0 N–H and O–H groups in total. The quantitative estimate of drug-likeness (QED) is 0.564. The van der Waals surface area contributed by atoms with E-state index in [4.69, 9.17) is 0 Å². The lowest BCUT2D eigenvalue weighted by atomic mass is 9.48. The van der Waals surface area contributed by atoms with E-state index in [0.717, 1.165) is 42.4 Å². The van der Waals surface area contributed by atoms with E-state index in [2.05, 4.69) is 26.2 Å². The van der Waals surface area contributed by atoms with Crippen LogP contribution in [0.2, 0.25) is 0 Å². The van der Waals surface area contributed by atoms with E-state index in [0.29, 0.717) is 17.1 Å². The molecule has 1 heteroatoms. The van der Waals surface area contributed by atoms with Crippen molar-refractivity contribution in [3.05, 3.63) is 17.9 Å². The van der Waals surface area contributed by atoms with Gasteiger partial charge in [0.1, 0.15) is 5.78 Å². The number of ketones is 1. The molecule has 0 heterocycles. The van der Waals surface area contributed by atoms with Gasteiger partial charge in [-0.2, -0.15) is 0 Å². The fourth-order valence-corrected chi connectivity index (χ4v) is 7.11. The first-order chi connectivity index (χ1) is 10.5. The molecule has 0 aromatic carbocycles. The van der Waals surface area contributed by atoms with Crippen molar-refractivity contribution in [2.45, 2.75) is 65.2 Å².